The quantitative estimate of drug-likeness (QED) is 0.792. The number of nitrogens with zero attached hydrogens (tertiary/aromatic N) is 1. The molecule has 1 amide bonds. The van der Waals surface area contributed by atoms with E-state index in [-0.39, 0.29) is 19.5 Å². The Bertz CT molecular complexity index is 564. The van der Waals surface area contributed by atoms with Crippen LogP contribution < -0.4 is 0 Å². The minimum atomic E-state index is -4.24. The van der Waals surface area contributed by atoms with Crippen LogP contribution in [0.5, 0.6) is 0 Å². The molecule has 1 aliphatic heterocycles. The first-order valence-electron chi connectivity index (χ1n) is 7.70. The Morgan fingerprint density at radius 1 is 1.18 bits per heavy atom. The summed E-state index contributed by atoms with van der Waals surface area (Å²) in [4.78, 5) is 13.5. The topological polar surface area (TPSA) is 54.5 Å². The molecule has 1 spiro atoms. The van der Waals surface area contributed by atoms with Crippen LogP contribution in [0.15, 0.2) is 0 Å². The molecule has 22 heavy (non-hydrogen) atoms. The number of likely N-dealkylation sites (tertiary alicyclic amines) is 1. The number of sulfone groups is 1. The Kier molecular flexibility index (Phi) is 3.73. The van der Waals surface area contributed by atoms with Gasteiger partial charge < -0.3 is 4.90 Å². The summed E-state index contributed by atoms with van der Waals surface area (Å²) in [6.07, 6.45) is -1.48. The smallest absolute Gasteiger partial charge is 0.341 e. The fourth-order valence-corrected chi connectivity index (χ4v) is 5.45. The van der Waals surface area contributed by atoms with Crippen molar-refractivity contribution in [2.24, 2.45) is 11.3 Å². The fraction of sp³-hybridized carbons (Fsp3) is 0.929. The van der Waals surface area contributed by atoms with Crippen LogP contribution in [0.1, 0.15) is 38.5 Å². The predicted octanol–water partition coefficient (Wildman–Crippen LogP) is 2.14. The fourth-order valence-electron chi connectivity index (χ4n) is 3.83. The van der Waals surface area contributed by atoms with Gasteiger partial charge in [-0.15, -0.1) is 0 Å². The Labute approximate surface area is 128 Å². The highest BCUT2D eigenvalue weighted by Gasteiger charge is 2.58. The average molecular weight is 339 g/mol. The van der Waals surface area contributed by atoms with E-state index >= 15 is 0 Å². The van der Waals surface area contributed by atoms with E-state index in [1.165, 1.54) is 4.90 Å². The molecule has 3 rings (SSSR count). The highest BCUT2D eigenvalue weighted by atomic mass is 32.2. The molecule has 0 unspecified atom stereocenters. The minimum absolute atomic E-state index is 0.00491. The summed E-state index contributed by atoms with van der Waals surface area (Å²) in [5.41, 5.74) is -0.879. The van der Waals surface area contributed by atoms with E-state index in [4.69, 9.17) is 0 Å². The largest absolute Gasteiger partial charge is 0.392 e. The molecule has 3 fully saturated rings. The van der Waals surface area contributed by atoms with Gasteiger partial charge in [-0.1, -0.05) is 6.42 Å². The molecule has 1 saturated heterocycles. The monoisotopic (exact) mass is 339 g/mol. The number of halogens is 3. The molecule has 0 aromatic carbocycles. The third-order valence-electron chi connectivity index (χ3n) is 5.39. The Morgan fingerprint density at radius 2 is 1.82 bits per heavy atom. The van der Waals surface area contributed by atoms with Crippen molar-refractivity contribution >= 4 is 15.7 Å². The maximum absolute atomic E-state index is 13.2. The van der Waals surface area contributed by atoms with E-state index in [1.807, 2.05) is 0 Å². The van der Waals surface area contributed by atoms with Crippen molar-refractivity contribution in [1.29, 1.82) is 0 Å². The van der Waals surface area contributed by atoms with E-state index in [0.717, 1.165) is 6.42 Å². The summed E-state index contributed by atoms with van der Waals surface area (Å²) >= 11 is 0. The van der Waals surface area contributed by atoms with Crippen LogP contribution in [-0.2, 0) is 14.6 Å². The second-order valence-corrected chi connectivity index (χ2v) is 9.20. The van der Waals surface area contributed by atoms with Gasteiger partial charge in [0, 0.05) is 13.1 Å². The minimum Gasteiger partial charge on any atom is -0.341 e. The average Bonchev–Trinajstić information content (AvgIpc) is 3.18. The van der Waals surface area contributed by atoms with Crippen LogP contribution in [0, 0.1) is 11.3 Å². The molecule has 8 heteroatoms. The van der Waals surface area contributed by atoms with E-state index in [1.54, 1.807) is 0 Å². The van der Waals surface area contributed by atoms with E-state index in [9.17, 15) is 26.4 Å². The van der Waals surface area contributed by atoms with Gasteiger partial charge in [0.25, 0.3) is 0 Å². The van der Waals surface area contributed by atoms with Crippen LogP contribution in [-0.4, -0.2) is 49.5 Å². The second-order valence-electron chi connectivity index (χ2n) is 6.92. The third-order valence-corrected chi connectivity index (χ3v) is 7.52. The third kappa shape index (κ3) is 2.86. The predicted molar refractivity (Wildman–Crippen MR) is 73.8 cm³/mol. The molecule has 1 heterocycles. The molecule has 3 aliphatic rings. The summed E-state index contributed by atoms with van der Waals surface area (Å²) < 4.78 is 63.3. The van der Waals surface area contributed by atoms with Gasteiger partial charge >= 0.3 is 6.18 Å². The van der Waals surface area contributed by atoms with Crippen molar-refractivity contribution in [3.05, 3.63) is 0 Å². The number of hydrogen-bond donors (Lipinski definition) is 0. The first-order chi connectivity index (χ1) is 10.1. The summed E-state index contributed by atoms with van der Waals surface area (Å²) in [5.74, 6) is -2.44. The molecule has 4 nitrogen and oxygen atoms in total. The molecule has 2 saturated carbocycles. The van der Waals surface area contributed by atoms with Crippen LogP contribution >= 0.6 is 0 Å². The van der Waals surface area contributed by atoms with Crippen LogP contribution in [0.3, 0.4) is 0 Å². The first kappa shape index (κ1) is 16.1. The van der Waals surface area contributed by atoms with Crippen molar-refractivity contribution in [3.8, 4) is 0 Å². The summed E-state index contributed by atoms with van der Waals surface area (Å²) in [6.45, 7) is 0.0567. The van der Waals surface area contributed by atoms with Gasteiger partial charge in [0.2, 0.25) is 5.91 Å². The van der Waals surface area contributed by atoms with Gasteiger partial charge in [-0.05, 0) is 37.5 Å². The summed E-state index contributed by atoms with van der Waals surface area (Å²) in [7, 11) is -3.42. The summed E-state index contributed by atoms with van der Waals surface area (Å²) in [6, 6.07) is 0. The lowest BCUT2D eigenvalue weighted by atomic mass is 9.58. The SMILES string of the molecule is O=C(CS(=O)(=O)C1CC1)N1CC[C@H](C(F)(F)F)C2(CCC2)C1. The van der Waals surface area contributed by atoms with Gasteiger partial charge in [-0.2, -0.15) is 13.2 Å². The number of amides is 1. The number of piperidine rings is 1. The normalized spacial score (nSPS) is 28.5. The van der Waals surface area contributed by atoms with Crippen molar-refractivity contribution in [2.45, 2.75) is 50.0 Å². The molecule has 0 N–H and O–H groups in total. The number of alkyl halides is 3. The lowest BCUT2D eigenvalue weighted by Gasteiger charge is -2.54. The van der Waals surface area contributed by atoms with Crippen molar-refractivity contribution in [3.63, 3.8) is 0 Å². The Hall–Kier alpha value is -0.790. The number of carbonyl (C=O) groups excluding carboxylic acids is 1. The number of hydrogen-bond acceptors (Lipinski definition) is 3. The van der Waals surface area contributed by atoms with Gasteiger partial charge in [-0.25, -0.2) is 8.42 Å². The van der Waals surface area contributed by atoms with Crippen molar-refractivity contribution in [1.82, 2.24) is 4.90 Å². The zero-order chi connectivity index (χ0) is 16.2. The lowest BCUT2D eigenvalue weighted by Crippen LogP contribution is -2.58. The highest BCUT2D eigenvalue weighted by molar-refractivity contribution is 7.93. The van der Waals surface area contributed by atoms with Gasteiger partial charge in [0.05, 0.1) is 11.2 Å². The van der Waals surface area contributed by atoms with E-state index in [2.05, 4.69) is 0 Å². The Balaban J connectivity index is 1.69. The molecule has 2 aliphatic carbocycles. The first-order valence-corrected chi connectivity index (χ1v) is 9.42. The number of carbonyl (C=O) groups is 1. The zero-order valence-electron chi connectivity index (χ0n) is 12.2. The maximum atomic E-state index is 13.2. The molecular weight excluding hydrogens is 319 g/mol. The van der Waals surface area contributed by atoms with E-state index < -0.39 is 44.3 Å². The van der Waals surface area contributed by atoms with Crippen LogP contribution in [0.2, 0.25) is 0 Å². The van der Waals surface area contributed by atoms with Gasteiger partial charge in [-0.3, -0.25) is 4.79 Å². The second kappa shape index (κ2) is 5.11. The standard InChI is InChI=1S/C14H20F3NO3S/c15-14(16,17)11-4-7-18(9-13(11)5-1-6-13)12(19)8-22(20,21)10-2-3-10/h10-11H,1-9H2/t11-/m0/s1. The lowest BCUT2D eigenvalue weighted by molar-refractivity contribution is -0.237. The molecule has 0 aromatic rings. The molecule has 1 atom stereocenters. The number of rotatable bonds is 3. The van der Waals surface area contributed by atoms with Crippen molar-refractivity contribution in [2.75, 3.05) is 18.8 Å². The van der Waals surface area contributed by atoms with E-state index in [0.29, 0.717) is 25.7 Å². The summed E-state index contributed by atoms with van der Waals surface area (Å²) in [5, 5.41) is -0.415. The molecule has 0 aromatic heterocycles. The van der Waals surface area contributed by atoms with Gasteiger partial charge in [0.1, 0.15) is 5.75 Å². The molecule has 126 valence electrons. The maximum Gasteiger partial charge on any atom is 0.392 e. The Morgan fingerprint density at radius 3 is 2.27 bits per heavy atom. The highest BCUT2D eigenvalue weighted by Crippen LogP contribution is 2.56. The van der Waals surface area contributed by atoms with Crippen molar-refractivity contribution < 1.29 is 26.4 Å². The van der Waals surface area contributed by atoms with Gasteiger partial charge in [0.15, 0.2) is 9.84 Å². The molecule has 0 bridgehead atoms. The van der Waals surface area contributed by atoms with Crippen LogP contribution in [0.4, 0.5) is 13.2 Å². The molecule has 0 radical (unpaired) electrons. The van der Waals surface area contributed by atoms with Crippen LogP contribution in [0.25, 0.3) is 0 Å². The zero-order valence-corrected chi connectivity index (χ0v) is 13.0. The molecular formula is C14H20F3NO3S.